The van der Waals surface area contributed by atoms with E-state index in [2.05, 4.69) is 51.6 Å². The number of rotatable bonds is 10. The number of benzene rings is 3. The molecule has 0 aliphatic heterocycles. The summed E-state index contributed by atoms with van der Waals surface area (Å²) in [5.74, 6) is -0.960. The Kier molecular flexibility index (Phi) is 11.2. The van der Waals surface area contributed by atoms with Gasteiger partial charge in [-0.2, -0.15) is 13.1 Å². The van der Waals surface area contributed by atoms with E-state index in [-0.39, 0.29) is 17.3 Å². The number of carbonyl (C=O) groups excluding carboxylic acids is 3. The second-order valence-electron chi connectivity index (χ2n) is 13.1. The molecule has 45 heavy (non-hydrogen) atoms. The van der Waals surface area contributed by atoms with Crippen LogP contribution in [0.3, 0.4) is 0 Å². The van der Waals surface area contributed by atoms with Crippen LogP contribution in [0, 0.1) is 0 Å². The highest BCUT2D eigenvalue weighted by Crippen LogP contribution is 2.26. The third-order valence-corrected chi connectivity index (χ3v) is 8.45. The topological polar surface area (TPSA) is 128 Å². The molecule has 3 N–H and O–H groups in total. The van der Waals surface area contributed by atoms with Gasteiger partial charge in [-0.15, -0.1) is 0 Å². The highest BCUT2D eigenvalue weighted by atomic mass is 32.2. The SMILES string of the molecule is CN(C(=O)CNS(=O)(=O)NC(=O)N[C@@H](Cc1ccccc1)C(=O)N(C)c1ccc(C(C)(C)C)cc1)c1ccc(C(C)(C)C)cc1. The van der Waals surface area contributed by atoms with E-state index in [0.29, 0.717) is 11.4 Å². The number of carbonyl (C=O) groups is 3. The van der Waals surface area contributed by atoms with Crippen molar-refractivity contribution in [1.29, 1.82) is 0 Å². The average Bonchev–Trinajstić information content (AvgIpc) is 2.98. The number of anilines is 2. The predicted octanol–water partition coefficient (Wildman–Crippen LogP) is 4.65. The summed E-state index contributed by atoms with van der Waals surface area (Å²) in [4.78, 5) is 42.0. The molecule has 0 saturated carbocycles. The summed E-state index contributed by atoms with van der Waals surface area (Å²) in [6, 6.07) is 21.9. The lowest BCUT2D eigenvalue weighted by atomic mass is 9.87. The average molecular weight is 636 g/mol. The fourth-order valence-corrected chi connectivity index (χ4v) is 5.23. The van der Waals surface area contributed by atoms with Crippen LogP contribution in [0.15, 0.2) is 78.9 Å². The van der Waals surface area contributed by atoms with E-state index in [4.69, 9.17) is 0 Å². The van der Waals surface area contributed by atoms with E-state index in [0.717, 1.165) is 16.7 Å². The monoisotopic (exact) mass is 635 g/mol. The number of nitrogens with zero attached hydrogens (tertiary/aromatic N) is 2. The van der Waals surface area contributed by atoms with Gasteiger partial charge in [0.05, 0.1) is 6.54 Å². The zero-order valence-corrected chi connectivity index (χ0v) is 28.2. The van der Waals surface area contributed by atoms with Crippen LogP contribution in [0.4, 0.5) is 16.2 Å². The van der Waals surface area contributed by atoms with Crippen molar-refractivity contribution in [2.45, 2.75) is 64.8 Å². The van der Waals surface area contributed by atoms with Gasteiger partial charge in [0.2, 0.25) is 11.8 Å². The molecule has 0 aliphatic rings. The minimum atomic E-state index is -4.44. The van der Waals surface area contributed by atoms with Crippen molar-refractivity contribution in [2.24, 2.45) is 0 Å². The Morgan fingerprint density at radius 3 is 1.64 bits per heavy atom. The Balaban J connectivity index is 1.67. The Bertz CT molecular complexity index is 1580. The van der Waals surface area contributed by atoms with Crippen molar-refractivity contribution in [3.63, 3.8) is 0 Å². The van der Waals surface area contributed by atoms with Gasteiger partial charge >= 0.3 is 16.2 Å². The fourth-order valence-electron chi connectivity index (χ4n) is 4.55. The molecule has 10 nitrogen and oxygen atoms in total. The van der Waals surface area contributed by atoms with E-state index in [1.807, 2.05) is 71.5 Å². The van der Waals surface area contributed by atoms with Crippen LogP contribution in [-0.2, 0) is 37.0 Å². The molecule has 0 aliphatic carbocycles. The molecular formula is C34H45N5O5S. The molecule has 3 aromatic carbocycles. The van der Waals surface area contributed by atoms with Gasteiger partial charge in [-0.3, -0.25) is 9.59 Å². The van der Waals surface area contributed by atoms with Crippen molar-refractivity contribution in [1.82, 2.24) is 14.8 Å². The number of amides is 4. The summed E-state index contributed by atoms with van der Waals surface area (Å²) < 4.78 is 29.3. The van der Waals surface area contributed by atoms with Gasteiger partial charge in [0.25, 0.3) is 0 Å². The van der Waals surface area contributed by atoms with Gasteiger partial charge in [-0.05, 0) is 51.8 Å². The lowest BCUT2D eigenvalue weighted by molar-refractivity contribution is -0.120. The molecular weight excluding hydrogens is 590 g/mol. The Hall–Kier alpha value is -4.22. The third kappa shape index (κ3) is 10.2. The minimum Gasteiger partial charge on any atom is -0.325 e. The van der Waals surface area contributed by atoms with Crippen molar-refractivity contribution >= 4 is 39.4 Å². The van der Waals surface area contributed by atoms with Crippen molar-refractivity contribution < 1.29 is 22.8 Å². The first-order valence-corrected chi connectivity index (χ1v) is 16.2. The van der Waals surface area contributed by atoms with Gasteiger partial charge in [0.15, 0.2) is 0 Å². The normalized spacial score (nSPS) is 12.6. The molecule has 242 valence electrons. The maximum absolute atomic E-state index is 13.6. The van der Waals surface area contributed by atoms with Crippen LogP contribution < -0.4 is 24.6 Å². The molecule has 11 heteroatoms. The Morgan fingerprint density at radius 2 is 1.18 bits per heavy atom. The van der Waals surface area contributed by atoms with Gasteiger partial charge < -0.3 is 15.1 Å². The maximum Gasteiger partial charge on any atom is 0.330 e. The molecule has 0 spiro atoms. The van der Waals surface area contributed by atoms with Crippen LogP contribution in [-0.4, -0.2) is 52.9 Å². The minimum absolute atomic E-state index is 0.0547. The molecule has 0 unspecified atom stereocenters. The maximum atomic E-state index is 13.6. The second-order valence-corrected chi connectivity index (χ2v) is 14.6. The number of nitrogens with one attached hydrogen (secondary N) is 3. The van der Waals surface area contributed by atoms with E-state index in [1.165, 1.54) is 16.8 Å². The van der Waals surface area contributed by atoms with E-state index >= 15 is 0 Å². The van der Waals surface area contributed by atoms with E-state index in [9.17, 15) is 22.8 Å². The zero-order valence-electron chi connectivity index (χ0n) is 27.3. The number of hydrogen-bond acceptors (Lipinski definition) is 5. The van der Waals surface area contributed by atoms with Gasteiger partial charge in [0, 0.05) is 31.9 Å². The van der Waals surface area contributed by atoms with Crippen molar-refractivity contribution in [3.8, 4) is 0 Å². The standard InChI is InChI=1S/C34H45N5O5S/c1-33(2,3)25-14-18-27(19-15-25)38(7)30(40)23-35-45(43,44)37-32(42)36-29(22-24-12-10-9-11-13-24)31(41)39(8)28-20-16-26(17-21-28)34(4,5)6/h9-21,29,35H,22-23H2,1-8H3,(H2,36,37,42)/t29-/m0/s1. The molecule has 0 aromatic heterocycles. The fraction of sp³-hybridized carbons (Fsp3) is 0.382. The number of urea groups is 1. The number of likely N-dealkylation sites (N-methyl/N-ethyl adjacent to an activating group) is 2. The first-order valence-electron chi connectivity index (χ1n) is 14.7. The molecule has 3 rings (SSSR count). The third-order valence-electron chi connectivity index (χ3n) is 7.47. The summed E-state index contributed by atoms with van der Waals surface area (Å²) >= 11 is 0. The molecule has 1 atom stereocenters. The Morgan fingerprint density at radius 1 is 0.711 bits per heavy atom. The lowest BCUT2D eigenvalue weighted by Crippen LogP contribution is -2.54. The van der Waals surface area contributed by atoms with Crippen molar-refractivity contribution in [3.05, 3.63) is 95.6 Å². The largest absolute Gasteiger partial charge is 0.330 e. The van der Waals surface area contributed by atoms with Crippen LogP contribution >= 0.6 is 0 Å². The van der Waals surface area contributed by atoms with Crippen LogP contribution in [0.25, 0.3) is 0 Å². The highest BCUT2D eigenvalue weighted by molar-refractivity contribution is 7.88. The lowest BCUT2D eigenvalue weighted by Gasteiger charge is -2.26. The molecule has 4 amide bonds. The van der Waals surface area contributed by atoms with Crippen molar-refractivity contribution in [2.75, 3.05) is 30.4 Å². The van der Waals surface area contributed by atoms with Crippen LogP contribution in [0.1, 0.15) is 58.2 Å². The summed E-state index contributed by atoms with van der Waals surface area (Å²) in [7, 11) is -1.30. The summed E-state index contributed by atoms with van der Waals surface area (Å²) in [6.07, 6.45) is 0.127. The highest BCUT2D eigenvalue weighted by Gasteiger charge is 2.28. The first-order chi connectivity index (χ1) is 20.9. The van der Waals surface area contributed by atoms with Crippen LogP contribution in [0.5, 0.6) is 0 Å². The second kappa shape index (κ2) is 14.3. The summed E-state index contributed by atoms with van der Waals surface area (Å²) in [6.45, 7) is 11.9. The zero-order chi connectivity index (χ0) is 33.6. The molecule has 0 heterocycles. The van der Waals surface area contributed by atoms with Gasteiger partial charge in [-0.1, -0.05) is 96.1 Å². The molecule has 0 radical (unpaired) electrons. The Labute approximate surface area is 267 Å². The van der Waals surface area contributed by atoms with Gasteiger partial charge in [0.1, 0.15) is 6.04 Å². The number of hydrogen-bond donors (Lipinski definition) is 3. The van der Waals surface area contributed by atoms with Crippen LogP contribution in [0.2, 0.25) is 0 Å². The first kappa shape index (κ1) is 35.3. The summed E-state index contributed by atoms with van der Waals surface area (Å²) in [5.41, 5.74) is 4.07. The predicted molar refractivity (Wildman–Crippen MR) is 180 cm³/mol. The molecule has 0 saturated heterocycles. The molecule has 0 fully saturated rings. The van der Waals surface area contributed by atoms with E-state index in [1.54, 1.807) is 19.2 Å². The smallest absolute Gasteiger partial charge is 0.325 e. The van der Waals surface area contributed by atoms with E-state index < -0.39 is 40.6 Å². The quantitative estimate of drug-likeness (QED) is 0.299. The molecule has 3 aromatic rings. The molecule has 0 bridgehead atoms. The van der Waals surface area contributed by atoms with Gasteiger partial charge in [-0.25, -0.2) is 9.52 Å². The summed E-state index contributed by atoms with van der Waals surface area (Å²) in [5, 5.41) is 2.51.